The van der Waals surface area contributed by atoms with Gasteiger partial charge in [0, 0.05) is 28.8 Å². The van der Waals surface area contributed by atoms with Crippen LogP contribution in [0.2, 0.25) is 0 Å². The van der Waals surface area contributed by atoms with E-state index in [0.717, 1.165) is 22.1 Å². The number of carbonyl (C=O) groups is 1. The van der Waals surface area contributed by atoms with E-state index in [-0.39, 0.29) is 23.1 Å². The molecule has 138 valence electrons. The first-order chi connectivity index (χ1) is 12.4. The molecular weight excluding hydrogens is 420 g/mol. The second kappa shape index (κ2) is 7.38. The van der Waals surface area contributed by atoms with Crippen LogP contribution in [0.4, 0.5) is 5.69 Å². The van der Waals surface area contributed by atoms with E-state index in [1.54, 1.807) is 17.9 Å². The highest BCUT2D eigenvalue weighted by Gasteiger charge is 2.27. The van der Waals surface area contributed by atoms with E-state index in [9.17, 15) is 13.2 Å². The first-order valence-electron chi connectivity index (χ1n) is 8.15. The number of sulfonamides is 1. The number of hydrogen-bond donors (Lipinski definition) is 1. The quantitative estimate of drug-likeness (QED) is 0.778. The fraction of sp³-hybridized carbons (Fsp3) is 0.278. The van der Waals surface area contributed by atoms with Crippen molar-refractivity contribution >= 4 is 37.5 Å². The van der Waals surface area contributed by atoms with Crippen LogP contribution in [-0.2, 0) is 16.4 Å². The largest absolute Gasteiger partial charge is 0.495 e. The van der Waals surface area contributed by atoms with Gasteiger partial charge in [-0.1, -0.05) is 22.9 Å². The summed E-state index contributed by atoms with van der Waals surface area (Å²) >= 11 is 3.44. The standard InChI is InChI=1S/C18H19BrN2O4S/c1-3-20-26(23,24)17-11-13(4-7-16(17)25-2)18(22)21-9-8-12-10-14(19)5-6-15(12)21/h4-7,10-11,20H,3,8-9H2,1-2H3. The summed E-state index contributed by atoms with van der Waals surface area (Å²) in [4.78, 5) is 14.6. The van der Waals surface area contributed by atoms with Crippen molar-refractivity contribution in [2.24, 2.45) is 0 Å². The van der Waals surface area contributed by atoms with E-state index in [2.05, 4.69) is 20.7 Å². The molecular formula is C18H19BrN2O4S. The predicted octanol–water partition coefficient (Wildman–Crippen LogP) is 2.96. The summed E-state index contributed by atoms with van der Waals surface area (Å²) < 4.78 is 33.4. The van der Waals surface area contributed by atoms with Crippen molar-refractivity contribution in [1.29, 1.82) is 0 Å². The summed E-state index contributed by atoms with van der Waals surface area (Å²) in [5.41, 5.74) is 2.24. The smallest absolute Gasteiger partial charge is 0.258 e. The number of benzene rings is 2. The minimum Gasteiger partial charge on any atom is -0.495 e. The maximum atomic E-state index is 13.0. The molecule has 1 amide bonds. The number of nitrogens with one attached hydrogen (secondary N) is 1. The lowest BCUT2D eigenvalue weighted by Gasteiger charge is -2.18. The van der Waals surface area contributed by atoms with Crippen molar-refractivity contribution in [3.05, 3.63) is 52.0 Å². The summed E-state index contributed by atoms with van der Waals surface area (Å²) in [5.74, 6) is -0.0325. The molecule has 0 spiro atoms. The molecule has 1 heterocycles. The summed E-state index contributed by atoms with van der Waals surface area (Å²) in [5, 5.41) is 0. The van der Waals surface area contributed by atoms with Gasteiger partial charge in [0.1, 0.15) is 10.6 Å². The molecule has 3 rings (SSSR count). The van der Waals surface area contributed by atoms with Gasteiger partial charge < -0.3 is 9.64 Å². The molecule has 1 N–H and O–H groups in total. The van der Waals surface area contributed by atoms with Gasteiger partial charge in [-0.2, -0.15) is 0 Å². The number of anilines is 1. The minimum atomic E-state index is -3.75. The van der Waals surface area contributed by atoms with E-state index >= 15 is 0 Å². The zero-order valence-electron chi connectivity index (χ0n) is 14.5. The predicted molar refractivity (Wildman–Crippen MR) is 103 cm³/mol. The maximum Gasteiger partial charge on any atom is 0.258 e. The first kappa shape index (κ1) is 18.9. The third-order valence-corrected chi connectivity index (χ3v) is 6.28. The van der Waals surface area contributed by atoms with E-state index in [1.807, 2.05) is 18.2 Å². The van der Waals surface area contributed by atoms with Crippen LogP contribution < -0.4 is 14.4 Å². The van der Waals surface area contributed by atoms with Gasteiger partial charge in [-0.3, -0.25) is 4.79 Å². The van der Waals surface area contributed by atoms with E-state index in [4.69, 9.17) is 4.74 Å². The SMILES string of the molecule is CCNS(=O)(=O)c1cc(C(=O)N2CCc3cc(Br)ccc32)ccc1OC. The van der Waals surface area contributed by atoms with Crippen molar-refractivity contribution in [2.75, 3.05) is 25.1 Å². The number of methoxy groups -OCH3 is 1. The third-order valence-electron chi connectivity index (χ3n) is 4.22. The van der Waals surface area contributed by atoms with Gasteiger partial charge in [0.2, 0.25) is 10.0 Å². The topological polar surface area (TPSA) is 75.7 Å². The van der Waals surface area contributed by atoms with Crippen LogP contribution in [-0.4, -0.2) is 34.5 Å². The Labute approximate surface area is 161 Å². The molecule has 0 aliphatic carbocycles. The van der Waals surface area contributed by atoms with Crippen LogP contribution >= 0.6 is 15.9 Å². The van der Waals surface area contributed by atoms with Crippen LogP contribution in [0.15, 0.2) is 45.8 Å². The van der Waals surface area contributed by atoms with E-state index in [1.165, 1.54) is 19.2 Å². The maximum absolute atomic E-state index is 13.0. The van der Waals surface area contributed by atoms with Crippen LogP contribution in [0.3, 0.4) is 0 Å². The average Bonchev–Trinajstić information content (AvgIpc) is 3.03. The molecule has 1 aliphatic rings. The number of nitrogens with zero attached hydrogens (tertiary/aromatic N) is 1. The molecule has 26 heavy (non-hydrogen) atoms. The highest BCUT2D eigenvalue weighted by atomic mass is 79.9. The number of ether oxygens (including phenoxy) is 1. The second-order valence-electron chi connectivity index (χ2n) is 5.85. The van der Waals surface area contributed by atoms with Gasteiger partial charge in [0.25, 0.3) is 5.91 Å². The number of rotatable bonds is 5. The number of hydrogen-bond acceptors (Lipinski definition) is 4. The summed E-state index contributed by atoms with van der Waals surface area (Å²) in [6.45, 7) is 2.50. The van der Waals surface area contributed by atoms with Crippen molar-refractivity contribution in [1.82, 2.24) is 4.72 Å². The third kappa shape index (κ3) is 3.49. The van der Waals surface area contributed by atoms with Crippen LogP contribution in [0, 0.1) is 0 Å². The Morgan fingerprint density at radius 1 is 1.27 bits per heavy atom. The lowest BCUT2D eigenvalue weighted by molar-refractivity contribution is 0.0989. The number of fused-ring (bicyclic) bond motifs is 1. The lowest BCUT2D eigenvalue weighted by atomic mass is 10.1. The molecule has 0 unspecified atom stereocenters. The second-order valence-corrected chi connectivity index (χ2v) is 8.50. The van der Waals surface area contributed by atoms with Gasteiger partial charge >= 0.3 is 0 Å². The van der Waals surface area contributed by atoms with Crippen molar-refractivity contribution < 1.29 is 17.9 Å². The number of carbonyl (C=O) groups excluding carboxylic acids is 1. The summed E-state index contributed by atoms with van der Waals surface area (Å²) in [6.07, 6.45) is 0.763. The Morgan fingerprint density at radius 3 is 2.73 bits per heavy atom. The van der Waals surface area contributed by atoms with Crippen LogP contribution in [0.5, 0.6) is 5.75 Å². The molecule has 2 aromatic carbocycles. The van der Waals surface area contributed by atoms with E-state index in [0.29, 0.717) is 12.1 Å². The highest BCUT2D eigenvalue weighted by Crippen LogP contribution is 2.32. The molecule has 0 saturated carbocycles. The number of halogens is 1. The molecule has 2 aromatic rings. The average molecular weight is 439 g/mol. The summed E-state index contributed by atoms with van der Waals surface area (Å²) in [7, 11) is -2.35. The van der Waals surface area contributed by atoms with Gasteiger partial charge in [-0.05, 0) is 48.4 Å². The molecule has 0 radical (unpaired) electrons. The first-order valence-corrected chi connectivity index (χ1v) is 10.4. The Bertz CT molecular complexity index is 960. The molecule has 0 bridgehead atoms. The van der Waals surface area contributed by atoms with Crippen LogP contribution in [0.1, 0.15) is 22.8 Å². The molecule has 1 aliphatic heterocycles. The fourth-order valence-electron chi connectivity index (χ4n) is 3.02. The number of amides is 1. The lowest BCUT2D eigenvalue weighted by Crippen LogP contribution is -2.29. The molecule has 8 heteroatoms. The van der Waals surface area contributed by atoms with Gasteiger partial charge in [-0.15, -0.1) is 0 Å². The van der Waals surface area contributed by atoms with Crippen molar-refractivity contribution in [3.63, 3.8) is 0 Å². The Hall–Kier alpha value is -1.90. The Morgan fingerprint density at radius 2 is 2.04 bits per heavy atom. The molecule has 0 atom stereocenters. The molecule has 0 aromatic heterocycles. The zero-order valence-corrected chi connectivity index (χ0v) is 16.9. The monoisotopic (exact) mass is 438 g/mol. The zero-order chi connectivity index (χ0) is 18.9. The van der Waals surface area contributed by atoms with E-state index < -0.39 is 10.0 Å². The normalized spacial score (nSPS) is 13.6. The van der Waals surface area contributed by atoms with Crippen LogP contribution in [0.25, 0.3) is 0 Å². The minimum absolute atomic E-state index is 0.0390. The van der Waals surface area contributed by atoms with Gasteiger partial charge in [0.15, 0.2) is 0 Å². The highest BCUT2D eigenvalue weighted by molar-refractivity contribution is 9.10. The van der Waals surface area contributed by atoms with Crippen molar-refractivity contribution in [2.45, 2.75) is 18.2 Å². The van der Waals surface area contributed by atoms with Crippen molar-refractivity contribution in [3.8, 4) is 5.75 Å². The Kier molecular flexibility index (Phi) is 5.36. The molecule has 0 saturated heterocycles. The molecule has 0 fully saturated rings. The van der Waals surface area contributed by atoms with Gasteiger partial charge in [0.05, 0.1) is 7.11 Å². The molecule has 6 nitrogen and oxygen atoms in total. The van der Waals surface area contributed by atoms with Gasteiger partial charge in [-0.25, -0.2) is 13.1 Å². The Balaban J connectivity index is 2.00. The fourth-order valence-corrected chi connectivity index (χ4v) is 4.67. The summed E-state index contributed by atoms with van der Waals surface area (Å²) in [6, 6.07) is 10.2.